The summed E-state index contributed by atoms with van der Waals surface area (Å²) in [5.41, 5.74) is 3.45. The van der Waals surface area contributed by atoms with Crippen LogP contribution in [0.2, 0.25) is 0 Å². The molecule has 0 atom stereocenters. The van der Waals surface area contributed by atoms with Gasteiger partial charge in [-0.2, -0.15) is 0 Å². The second-order valence-corrected chi connectivity index (χ2v) is 4.46. The number of rotatable bonds is 9. The Kier molecular flexibility index (Phi) is 10.3. The maximum Gasteiger partial charge on any atom is 0.0503 e. The molecule has 18 heavy (non-hydrogen) atoms. The fourth-order valence-corrected chi connectivity index (χ4v) is 1.34. The Bertz CT molecular complexity index is 324. The van der Waals surface area contributed by atoms with Gasteiger partial charge < -0.3 is 4.74 Å². The molecule has 0 radical (unpaired) electrons. The molecule has 0 amide bonds. The van der Waals surface area contributed by atoms with E-state index in [1.54, 1.807) is 0 Å². The maximum absolute atomic E-state index is 5.46. The van der Waals surface area contributed by atoms with Crippen LogP contribution in [-0.2, 0) is 4.74 Å². The Hall–Kier alpha value is -1.15. The van der Waals surface area contributed by atoms with Crippen molar-refractivity contribution in [1.29, 1.82) is 0 Å². The largest absolute Gasteiger partial charge is 0.381 e. The van der Waals surface area contributed by atoms with E-state index in [1.165, 1.54) is 11.1 Å². The molecule has 0 aromatic heterocycles. The van der Waals surface area contributed by atoms with Crippen LogP contribution in [0.15, 0.2) is 40.6 Å². The molecular weight excluding hydrogens is 222 g/mol. The summed E-state index contributed by atoms with van der Waals surface area (Å²) in [5, 5.41) is 0. The Morgan fingerprint density at radius 1 is 1.22 bits per heavy atom. The third-order valence-electron chi connectivity index (χ3n) is 2.47. The third-order valence-corrected chi connectivity index (χ3v) is 2.47. The number of nitrogens with zero attached hydrogens (tertiary/aromatic N) is 1. The highest BCUT2D eigenvalue weighted by Crippen LogP contribution is 2.06. The van der Waals surface area contributed by atoms with Crippen LogP contribution in [0.1, 0.15) is 47.0 Å². The highest BCUT2D eigenvalue weighted by atomic mass is 16.5. The second kappa shape index (κ2) is 11.0. The van der Waals surface area contributed by atoms with Crippen LogP contribution in [0.4, 0.5) is 0 Å². The molecule has 0 unspecified atom stereocenters. The van der Waals surface area contributed by atoms with Gasteiger partial charge >= 0.3 is 0 Å². The number of hydrogen-bond acceptors (Lipinski definition) is 2. The van der Waals surface area contributed by atoms with Crippen LogP contribution in [0.25, 0.3) is 0 Å². The van der Waals surface area contributed by atoms with Crippen LogP contribution < -0.4 is 0 Å². The van der Waals surface area contributed by atoms with Crippen LogP contribution in [-0.4, -0.2) is 19.4 Å². The average molecular weight is 249 g/mol. The van der Waals surface area contributed by atoms with Gasteiger partial charge in [0.05, 0.1) is 6.61 Å². The fraction of sp³-hybridized carbons (Fsp3) is 0.562. The lowest BCUT2D eigenvalue weighted by Gasteiger charge is -2.03. The quantitative estimate of drug-likeness (QED) is 0.330. The Morgan fingerprint density at radius 2 is 1.94 bits per heavy atom. The van der Waals surface area contributed by atoms with Crippen molar-refractivity contribution in [3.63, 3.8) is 0 Å². The summed E-state index contributed by atoms with van der Waals surface area (Å²) in [5.74, 6) is 0. The maximum atomic E-state index is 5.46. The molecule has 0 saturated carbocycles. The lowest BCUT2D eigenvalue weighted by Crippen LogP contribution is -1.96. The predicted octanol–water partition coefficient (Wildman–Crippen LogP) is 4.69. The first-order chi connectivity index (χ1) is 8.60. The zero-order valence-corrected chi connectivity index (χ0v) is 12.3. The molecule has 0 aliphatic rings. The normalized spacial score (nSPS) is 13.3. The third kappa shape index (κ3) is 10.0. The van der Waals surface area contributed by atoms with E-state index in [0.29, 0.717) is 0 Å². The topological polar surface area (TPSA) is 21.6 Å². The minimum Gasteiger partial charge on any atom is -0.381 e. The van der Waals surface area contributed by atoms with Gasteiger partial charge in [-0.25, -0.2) is 0 Å². The standard InChI is InChI=1S/C16H27NO/c1-6-11-18-12-9-15(4)13-14(3)8-10-17-16(5)7-2/h8,10,13H,5-7,9,11-12H2,1-4H3/b14-8+,15-13-,17-10?. The van der Waals surface area contributed by atoms with Crippen molar-refractivity contribution in [2.75, 3.05) is 13.2 Å². The minimum atomic E-state index is 0.810. The molecule has 0 N–H and O–H groups in total. The zero-order chi connectivity index (χ0) is 13.8. The highest BCUT2D eigenvalue weighted by Gasteiger charge is 1.91. The molecule has 0 aromatic carbocycles. The molecule has 2 nitrogen and oxygen atoms in total. The molecule has 0 aromatic rings. The second-order valence-electron chi connectivity index (χ2n) is 4.46. The van der Waals surface area contributed by atoms with Crippen LogP contribution >= 0.6 is 0 Å². The molecule has 0 fully saturated rings. The van der Waals surface area contributed by atoms with E-state index in [2.05, 4.69) is 45.3 Å². The van der Waals surface area contributed by atoms with Crippen molar-refractivity contribution in [2.24, 2.45) is 4.99 Å². The van der Waals surface area contributed by atoms with Crippen molar-refractivity contribution < 1.29 is 4.74 Å². The van der Waals surface area contributed by atoms with E-state index >= 15 is 0 Å². The average Bonchev–Trinajstić information content (AvgIpc) is 2.34. The molecule has 0 aliphatic heterocycles. The lowest BCUT2D eigenvalue weighted by atomic mass is 10.1. The molecule has 0 bridgehead atoms. The Labute approximate surface area is 112 Å². The number of allylic oxidation sites excluding steroid dienone is 4. The van der Waals surface area contributed by atoms with Gasteiger partial charge in [0.2, 0.25) is 0 Å². The molecule has 102 valence electrons. The summed E-state index contributed by atoms with van der Waals surface area (Å²) in [6.07, 6.45) is 8.97. The molecule has 0 saturated heterocycles. The summed E-state index contributed by atoms with van der Waals surface area (Å²) in [6, 6.07) is 0. The number of ether oxygens (including phenoxy) is 1. The first kappa shape index (κ1) is 16.9. The minimum absolute atomic E-state index is 0.810. The SMILES string of the molecule is C=C(CC)N=C/C=C(C)/C=C(/C)CCOCCC. The van der Waals surface area contributed by atoms with Gasteiger partial charge in [-0.15, -0.1) is 0 Å². The van der Waals surface area contributed by atoms with Gasteiger partial charge in [0.15, 0.2) is 0 Å². The Balaban J connectivity index is 4.09. The molecule has 0 aliphatic carbocycles. The Morgan fingerprint density at radius 3 is 2.56 bits per heavy atom. The van der Waals surface area contributed by atoms with E-state index in [1.807, 2.05) is 12.3 Å². The van der Waals surface area contributed by atoms with Crippen LogP contribution in [0.5, 0.6) is 0 Å². The summed E-state index contributed by atoms with van der Waals surface area (Å²) in [7, 11) is 0. The van der Waals surface area contributed by atoms with Crippen molar-refractivity contribution in [1.82, 2.24) is 0 Å². The molecule has 0 spiro atoms. The van der Waals surface area contributed by atoms with E-state index in [-0.39, 0.29) is 0 Å². The monoisotopic (exact) mass is 249 g/mol. The van der Waals surface area contributed by atoms with Gasteiger partial charge in [0, 0.05) is 18.5 Å². The van der Waals surface area contributed by atoms with Gasteiger partial charge in [-0.05, 0) is 44.8 Å². The van der Waals surface area contributed by atoms with Crippen LogP contribution in [0.3, 0.4) is 0 Å². The number of hydrogen-bond donors (Lipinski definition) is 0. The van der Waals surface area contributed by atoms with E-state index in [0.717, 1.165) is 38.2 Å². The van der Waals surface area contributed by atoms with Crippen molar-refractivity contribution in [3.05, 3.63) is 35.6 Å². The molecule has 0 heterocycles. The summed E-state index contributed by atoms with van der Waals surface area (Å²) < 4.78 is 5.46. The van der Waals surface area contributed by atoms with Gasteiger partial charge in [0.1, 0.15) is 0 Å². The van der Waals surface area contributed by atoms with E-state index < -0.39 is 0 Å². The summed E-state index contributed by atoms with van der Waals surface area (Å²) in [6.45, 7) is 13.9. The predicted molar refractivity (Wildman–Crippen MR) is 81.2 cm³/mol. The van der Waals surface area contributed by atoms with Crippen molar-refractivity contribution >= 4 is 6.21 Å². The van der Waals surface area contributed by atoms with E-state index in [4.69, 9.17) is 4.74 Å². The summed E-state index contributed by atoms with van der Waals surface area (Å²) in [4.78, 5) is 4.23. The first-order valence-electron chi connectivity index (χ1n) is 6.73. The molecule has 2 heteroatoms. The molecular formula is C16H27NO. The summed E-state index contributed by atoms with van der Waals surface area (Å²) >= 11 is 0. The molecule has 0 rings (SSSR count). The number of aliphatic imine (C=N–C) groups is 1. The zero-order valence-electron chi connectivity index (χ0n) is 12.3. The fourth-order valence-electron chi connectivity index (χ4n) is 1.34. The first-order valence-corrected chi connectivity index (χ1v) is 6.73. The van der Waals surface area contributed by atoms with Crippen LogP contribution in [0, 0.1) is 0 Å². The van der Waals surface area contributed by atoms with E-state index in [9.17, 15) is 0 Å². The smallest absolute Gasteiger partial charge is 0.0503 e. The highest BCUT2D eigenvalue weighted by molar-refractivity contribution is 5.73. The lowest BCUT2D eigenvalue weighted by molar-refractivity contribution is 0.138. The van der Waals surface area contributed by atoms with Gasteiger partial charge in [-0.3, -0.25) is 4.99 Å². The van der Waals surface area contributed by atoms with Crippen molar-refractivity contribution in [3.8, 4) is 0 Å². The van der Waals surface area contributed by atoms with Gasteiger partial charge in [0.25, 0.3) is 0 Å². The van der Waals surface area contributed by atoms with Crippen molar-refractivity contribution in [2.45, 2.75) is 47.0 Å². The van der Waals surface area contributed by atoms with Gasteiger partial charge in [-0.1, -0.05) is 32.1 Å².